The van der Waals surface area contributed by atoms with Crippen LogP contribution in [-0.2, 0) is 16.0 Å². The fourth-order valence-electron chi connectivity index (χ4n) is 3.13. The van der Waals surface area contributed by atoms with Crippen molar-refractivity contribution in [3.05, 3.63) is 70.2 Å². The maximum Gasteiger partial charge on any atom is 0.335 e. The Morgan fingerprint density at radius 2 is 1.90 bits per heavy atom. The third-order valence-electron chi connectivity index (χ3n) is 4.42. The largest absolute Gasteiger partial charge is 0.493 e. The molecule has 1 N–H and O–H groups in total. The summed E-state index contributed by atoms with van der Waals surface area (Å²) in [6, 6.07) is 9.30. The summed E-state index contributed by atoms with van der Waals surface area (Å²) in [6.07, 6.45) is 3.63. The van der Waals surface area contributed by atoms with Gasteiger partial charge in [-0.3, -0.25) is 14.9 Å². The summed E-state index contributed by atoms with van der Waals surface area (Å²) in [7, 11) is 3.03. The van der Waals surface area contributed by atoms with Crippen LogP contribution in [0.5, 0.6) is 11.5 Å². The molecular weight excluding hydrogens is 452 g/mol. The number of halogens is 1. The Kier molecular flexibility index (Phi) is 6.37. The van der Waals surface area contributed by atoms with Gasteiger partial charge >= 0.3 is 6.03 Å². The second-order valence-corrected chi connectivity index (χ2v) is 7.26. The molecule has 2 aromatic carbocycles. The molecule has 0 aliphatic carbocycles. The molecule has 1 fully saturated rings. The molecule has 3 rings (SSSR count). The molecule has 0 atom stereocenters. The number of allylic oxidation sites excluding steroid dienone is 1. The second-order valence-electron chi connectivity index (χ2n) is 6.35. The van der Waals surface area contributed by atoms with E-state index in [1.807, 2.05) is 0 Å². The van der Waals surface area contributed by atoms with Gasteiger partial charge in [-0.1, -0.05) is 28.1 Å². The number of ether oxygens (including phenoxy) is 2. The summed E-state index contributed by atoms with van der Waals surface area (Å²) in [5.74, 6) is -0.490. The molecule has 0 aromatic heterocycles. The van der Waals surface area contributed by atoms with Gasteiger partial charge in [-0.2, -0.15) is 0 Å². The average molecular weight is 471 g/mol. The molecule has 0 radical (unpaired) electrons. The summed E-state index contributed by atoms with van der Waals surface area (Å²) in [5, 5.41) is 2.21. The molecule has 0 saturated carbocycles. The first-order valence-electron chi connectivity index (χ1n) is 8.92. The first-order valence-corrected chi connectivity index (χ1v) is 9.71. The van der Waals surface area contributed by atoms with Gasteiger partial charge in [0.05, 0.1) is 19.9 Å². The number of carbonyl (C=O) groups is 3. The Hall–Kier alpha value is -3.39. The maximum atomic E-state index is 13.0. The van der Waals surface area contributed by atoms with Crippen LogP contribution in [0.25, 0.3) is 6.08 Å². The predicted molar refractivity (Wildman–Crippen MR) is 117 cm³/mol. The predicted octanol–water partition coefficient (Wildman–Crippen LogP) is 3.86. The van der Waals surface area contributed by atoms with Crippen molar-refractivity contribution >= 4 is 45.5 Å². The molecule has 1 heterocycles. The monoisotopic (exact) mass is 470 g/mol. The van der Waals surface area contributed by atoms with Gasteiger partial charge in [-0.05, 0) is 48.4 Å². The van der Waals surface area contributed by atoms with Gasteiger partial charge in [0, 0.05) is 10.0 Å². The molecule has 30 heavy (non-hydrogen) atoms. The smallest absolute Gasteiger partial charge is 0.335 e. The number of hydrogen-bond acceptors (Lipinski definition) is 5. The number of anilines is 1. The number of nitrogens with one attached hydrogen (secondary N) is 1. The number of urea groups is 1. The molecule has 0 spiro atoms. The van der Waals surface area contributed by atoms with Crippen LogP contribution in [0, 0.1) is 0 Å². The summed E-state index contributed by atoms with van der Waals surface area (Å²) in [6.45, 7) is 3.74. The Labute approximate surface area is 182 Å². The van der Waals surface area contributed by atoms with Crippen molar-refractivity contribution in [2.45, 2.75) is 6.42 Å². The van der Waals surface area contributed by atoms with E-state index >= 15 is 0 Å². The van der Waals surface area contributed by atoms with Gasteiger partial charge in [-0.25, -0.2) is 9.69 Å². The lowest BCUT2D eigenvalue weighted by atomic mass is 10.0. The molecule has 1 saturated heterocycles. The zero-order chi connectivity index (χ0) is 21.8. The lowest BCUT2D eigenvalue weighted by Gasteiger charge is -2.26. The number of carbonyl (C=O) groups excluding carboxylic acids is 3. The fourth-order valence-corrected chi connectivity index (χ4v) is 3.52. The van der Waals surface area contributed by atoms with Crippen LogP contribution in [-0.4, -0.2) is 32.1 Å². The van der Waals surface area contributed by atoms with E-state index in [-0.39, 0.29) is 5.57 Å². The molecule has 4 amide bonds. The zero-order valence-corrected chi connectivity index (χ0v) is 18.0. The van der Waals surface area contributed by atoms with Crippen LogP contribution in [0.15, 0.2) is 59.1 Å². The third kappa shape index (κ3) is 4.13. The highest BCUT2D eigenvalue weighted by Crippen LogP contribution is 2.34. The van der Waals surface area contributed by atoms with Gasteiger partial charge in [0.1, 0.15) is 5.57 Å². The first-order chi connectivity index (χ1) is 14.4. The van der Waals surface area contributed by atoms with Crippen LogP contribution in [0.1, 0.15) is 11.1 Å². The van der Waals surface area contributed by atoms with E-state index in [0.717, 1.165) is 10.5 Å². The van der Waals surface area contributed by atoms with E-state index in [9.17, 15) is 14.4 Å². The summed E-state index contributed by atoms with van der Waals surface area (Å²) >= 11 is 3.32. The molecule has 1 aliphatic heterocycles. The van der Waals surface area contributed by atoms with Crippen LogP contribution in [0.3, 0.4) is 0 Å². The van der Waals surface area contributed by atoms with E-state index in [2.05, 4.69) is 27.8 Å². The Morgan fingerprint density at radius 1 is 1.13 bits per heavy atom. The summed E-state index contributed by atoms with van der Waals surface area (Å²) in [4.78, 5) is 38.7. The topological polar surface area (TPSA) is 84.9 Å². The highest BCUT2D eigenvalue weighted by molar-refractivity contribution is 9.10. The highest BCUT2D eigenvalue weighted by Gasteiger charge is 2.37. The maximum absolute atomic E-state index is 13.0. The van der Waals surface area contributed by atoms with Gasteiger partial charge in [0.25, 0.3) is 11.8 Å². The minimum Gasteiger partial charge on any atom is -0.493 e. The SMILES string of the molecule is C=CCc1cc(/C=C2\C(=O)NC(=O)N(c3cccc(Br)c3)C2=O)cc(OC)c1OC. The first kappa shape index (κ1) is 21.3. The van der Waals surface area contributed by atoms with E-state index < -0.39 is 17.8 Å². The van der Waals surface area contributed by atoms with E-state index in [0.29, 0.717) is 33.6 Å². The third-order valence-corrected chi connectivity index (χ3v) is 4.91. The minimum atomic E-state index is -0.806. The molecule has 1 aliphatic rings. The summed E-state index contributed by atoms with van der Waals surface area (Å²) < 4.78 is 11.5. The molecular formula is C22H19BrN2O5. The number of barbiturate groups is 1. The number of hydrogen-bond donors (Lipinski definition) is 1. The van der Waals surface area contributed by atoms with E-state index in [1.165, 1.54) is 20.3 Å². The van der Waals surface area contributed by atoms with Crippen LogP contribution < -0.4 is 19.7 Å². The Bertz CT molecular complexity index is 1080. The van der Waals surface area contributed by atoms with Crippen LogP contribution in [0.2, 0.25) is 0 Å². The van der Waals surface area contributed by atoms with Crippen molar-refractivity contribution < 1.29 is 23.9 Å². The molecule has 7 nitrogen and oxygen atoms in total. The zero-order valence-electron chi connectivity index (χ0n) is 16.4. The van der Waals surface area contributed by atoms with Crippen molar-refractivity contribution in [3.63, 3.8) is 0 Å². The number of nitrogens with zero attached hydrogens (tertiary/aromatic N) is 1. The van der Waals surface area contributed by atoms with Gasteiger partial charge < -0.3 is 9.47 Å². The standard InChI is InChI=1S/C22H19BrN2O5/c1-4-6-14-9-13(11-18(29-2)19(14)30-3)10-17-20(26)24-22(28)25(21(17)27)16-8-5-7-15(23)12-16/h4-5,7-12H,1,6H2,2-3H3,(H,24,26,28)/b17-10+. The Morgan fingerprint density at radius 3 is 2.53 bits per heavy atom. The van der Waals surface area contributed by atoms with Gasteiger partial charge in [0.2, 0.25) is 0 Å². The van der Waals surface area contributed by atoms with Crippen molar-refractivity contribution in [1.29, 1.82) is 0 Å². The van der Waals surface area contributed by atoms with Crippen molar-refractivity contribution in [1.82, 2.24) is 5.32 Å². The van der Waals surface area contributed by atoms with E-state index in [1.54, 1.807) is 42.5 Å². The number of amides is 4. The minimum absolute atomic E-state index is 0.175. The molecule has 0 unspecified atom stereocenters. The summed E-state index contributed by atoms with van der Waals surface area (Å²) in [5.41, 5.74) is 1.49. The number of methoxy groups -OCH3 is 2. The lowest BCUT2D eigenvalue weighted by molar-refractivity contribution is -0.122. The van der Waals surface area contributed by atoms with Gasteiger partial charge in [0.15, 0.2) is 11.5 Å². The van der Waals surface area contributed by atoms with Crippen molar-refractivity contribution in [2.24, 2.45) is 0 Å². The highest BCUT2D eigenvalue weighted by atomic mass is 79.9. The van der Waals surface area contributed by atoms with Crippen LogP contribution in [0.4, 0.5) is 10.5 Å². The normalized spacial score (nSPS) is 15.2. The second kappa shape index (κ2) is 8.96. The molecule has 0 bridgehead atoms. The van der Waals surface area contributed by atoms with Crippen molar-refractivity contribution in [2.75, 3.05) is 19.1 Å². The number of rotatable bonds is 6. The van der Waals surface area contributed by atoms with Gasteiger partial charge in [-0.15, -0.1) is 6.58 Å². The number of benzene rings is 2. The Balaban J connectivity index is 2.08. The average Bonchev–Trinajstić information content (AvgIpc) is 2.71. The van der Waals surface area contributed by atoms with Crippen LogP contribution >= 0.6 is 15.9 Å². The quantitative estimate of drug-likeness (QED) is 0.393. The fraction of sp³-hybridized carbons (Fsp3) is 0.136. The lowest BCUT2D eigenvalue weighted by Crippen LogP contribution is -2.54. The number of imide groups is 2. The molecule has 154 valence electrons. The molecule has 2 aromatic rings. The molecule has 8 heteroatoms. The van der Waals surface area contributed by atoms with E-state index in [4.69, 9.17) is 9.47 Å². The van der Waals surface area contributed by atoms with Crippen molar-refractivity contribution in [3.8, 4) is 11.5 Å².